The zero-order valence-corrected chi connectivity index (χ0v) is 9.37. The highest BCUT2D eigenvalue weighted by Crippen LogP contribution is 2.23. The van der Waals surface area contributed by atoms with Crippen molar-refractivity contribution >= 4 is 0 Å². The van der Waals surface area contributed by atoms with Gasteiger partial charge in [0.25, 0.3) is 0 Å². The fraction of sp³-hybridized carbons (Fsp3) is 1.00. The van der Waals surface area contributed by atoms with Gasteiger partial charge in [0.2, 0.25) is 0 Å². The predicted molar refractivity (Wildman–Crippen MR) is 58.4 cm³/mol. The van der Waals surface area contributed by atoms with Crippen LogP contribution in [0.4, 0.5) is 0 Å². The van der Waals surface area contributed by atoms with Crippen molar-refractivity contribution in [2.75, 3.05) is 6.61 Å². The summed E-state index contributed by atoms with van der Waals surface area (Å²) in [6, 6.07) is 0. The summed E-state index contributed by atoms with van der Waals surface area (Å²) in [6.45, 7) is 3.13. The van der Waals surface area contributed by atoms with Crippen molar-refractivity contribution in [3.05, 3.63) is 0 Å². The van der Waals surface area contributed by atoms with E-state index < -0.39 is 0 Å². The molecular formula is C12H24O2. The molecule has 0 aromatic rings. The average Bonchev–Trinajstić information content (AvgIpc) is 2.13. The van der Waals surface area contributed by atoms with Crippen LogP contribution in [0.2, 0.25) is 0 Å². The molecule has 0 bridgehead atoms. The monoisotopic (exact) mass is 200 g/mol. The third-order valence-corrected chi connectivity index (χ3v) is 2.92. The molecule has 0 aromatic carbocycles. The lowest BCUT2D eigenvalue weighted by Crippen LogP contribution is -2.35. The SMILES string of the molecule is CCCCCCCCOC1CC(O)C1. The number of unbranched alkanes of at least 4 members (excludes halogenated alkanes) is 5. The molecule has 14 heavy (non-hydrogen) atoms. The second-order valence-corrected chi connectivity index (χ2v) is 4.39. The molecule has 1 fully saturated rings. The van der Waals surface area contributed by atoms with Gasteiger partial charge in [-0.1, -0.05) is 39.0 Å². The average molecular weight is 200 g/mol. The minimum absolute atomic E-state index is 0.0791. The molecule has 0 atom stereocenters. The topological polar surface area (TPSA) is 29.5 Å². The molecular weight excluding hydrogens is 176 g/mol. The van der Waals surface area contributed by atoms with Crippen molar-refractivity contribution < 1.29 is 9.84 Å². The van der Waals surface area contributed by atoms with Gasteiger partial charge in [0, 0.05) is 6.61 Å². The van der Waals surface area contributed by atoms with Gasteiger partial charge in [-0.15, -0.1) is 0 Å². The summed E-state index contributed by atoms with van der Waals surface area (Å²) in [5.41, 5.74) is 0. The number of ether oxygens (including phenoxy) is 1. The Labute approximate surface area is 87.7 Å². The summed E-state index contributed by atoms with van der Waals surface area (Å²) in [7, 11) is 0. The van der Waals surface area contributed by atoms with Crippen molar-refractivity contribution in [3.63, 3.8) is 0 Å². The lowest BCUT2D eigenvalue weighted by molar-refractivity contribution is -0.0714. The van der Waals surface area contributed by atoms with E-state index in [4.69, 9.17) is 9.84 Å². The van der Waals surface area contributed by atoms with Crippen LogP contribution in [0.1, 0.15) is 58.3 Å². The fourth-order valence-corrected chi connectivity index (χ4v) is 1.81. The van der Waals surface area contributed by atoms with Gasteiger partial charge in [-0.3, -0.25) is 0 Å². The molecule has 0 aliphatic heterocycles. The summed E-state index contributed by atoms with van der Waals surface area (Å²) in [5, 5.41) is 9.04. The van der Waals surface area contributed by atoms with Gasteiger partial charge in [0.05, 0.1) is 12.2 Å². The van der Waals surface area contributed by atoms with Crippen LogP contribution < -0.4 is 0 Å². The number of aliphatic hydroxyl groups is 1. The van der Waals surface area contributed by atoms with Crippen LogP contribution in [0, 0.1) is 0 Å². The van der Waals surface area contributed by atoms with Gasteiger partial charge < -0.3 is 9.84 Å². The smallest absolute Gasteiger partial charge is 0.0624 e. The van der Waals surface area contributed by atoms with Gasteiger partial charge in [-0.05, 0) is 19.3 Å². The lowest BCUT2D eigenvalue weighted by atomic mass is 9.92. The Morgan fingerprint density at radius 2 is 1.71 bits per heavy atom. The number of hydrogen-bond acceptors (Lipinski definition) is 2. The van der Waals surface area contributed by atoms with Crippen molar-refractivity contribution in [2.45, 2.75) is 70.5 Å². The molecule has 2 heteroatoms. The molecule has 0 unspecified atom stereocenters. The first-order chi connectivity index (χ1) is 6.83. The van der Waals surface area contributed by atoms with Crippen molar-refractivity contribution in [3.8, 4) is 0 Å². The van der Waals surface area contributed by atoms with Gasteiger partial charge in [-0.25, -0.2) is 0 Å². The Bertz CT molecular complexity index is 130. The van der Waals surface area contributed by atoms with Gasteiger partial charge >= 0.3 is 0 Å². The Balaban J connectivity index is 1.72. The maximum Gasteiger partial charge on any atom is 0.0624 e. The van der Waals surface area contributed by atoms with E-state index in [0.29, 0.717) is 6.10 Å². The summed E-state index contributed by atoms with van der Waals surface area (Å²) >= 11 is 0. The van der Waals surface area contributed by atoms with E-state index in [1.807, 2.05) is 0 Å². The summed E-state index contributed by atoms with van der Waals surface area (Å²) in [4.78, 5) is 0. The maximum absolute atomic E-state index is 9.04. The van der Waals surface area contributed by atoms with Crippen LogP contribution in [0.15, 0.2) is 0 Å². The Hall–Kier alpha value is -0.0800. The number of rotatable bonds is 8. The molecule has 0 aromatic heterocycles. The van der Waals surface area contributed by atoms with Crippen LogP contribution in [-0.2, 0) is 4.74 Å². The molecule has 2 nitrogen and oxygen atoms in total. The molecule has 1 aliphatic carbocycles. The summed E-state index contributed by atoms with van der Waals surface area (Å²) in [6.07, 6.45) is 9.90. The molecule has 1 N–H and O–H groups in total. The van der Waals surface area contributed by atoms with Gasteiger partial charge in [0.1, 0.15) is 0 Å². The van der Waals surface area contributed by atoms with E-state index in [1.165, 1.54) is 38.5 Å². The van der Waals surface area contributed by atoms with Gasteiger partial charge in [0.15, 0.2) is 0 Å². The number of hydrogen-bond donors (Lipinski definition) is 1. The highest BCUT2D eigenvalue weighted by molar-refractivity contribution is 4.78. The Morgan fingerprint density at radius 1 is 1.07 bits per heavy atom. The molecule has 0 radical (unpaired) electrons. The minimum atomic E-state index is -0.0791. The molecule has 0 amide bonds. The lowest BCUT2D eigenvalue weighted by Gasteiger charge is -2.31. The van der Waals surface area contributed by atoms with E-state index in [1.54, 1.807) is 0 Å². The second-order valence-electron chi connectivity index (χ2n) is 4.39. The summed E-state index contributed by atoms with van der Waals surface area (Å²) < 4.78 is 5.59. The zero-order chi connectivity index (χ0) is 10.2. The van der Waals surface area contributed by atoms with Crippen molar-refractivity contribution in [1.29, 1.82) is 0 Å². The largest absolute Gasteiger partial charge is 0.393 e. The van der Waals surface area contributed by atoms with E-state index in [2.05, 4.69) is 6.92 Å². The van der Waals surface area contributed by atoms with Crippen LogP contribution >= 0.6 is 0 Å². The van der Waals surface area contributed by atoms with E-state index in [-0.39, 0.29) is 6.10 Å². The standard InChI is InChI=1S/C12H24O2/c1-2-3-4-5-6-7-8-14-12-9-11(13)10-12/h11-13H,2-10H2,1H3. The molecule has 84 valence electrons. The molecule has 1 saturated carbocycles. The van der Waals surface area contributed by atoms with Crippen molar-refractivity contribution in [2.24, 2.45) is 0 Å². The highest BCUT2D eigenvalue weighted by atomic mass is 16.5. The van der Waals surface area contributed by atoms with Crippen LogP contribution in [0.5, 0.6) is 0 Å². The second kappa shape index (κ2) is 7.24. The first-order valence-corrected chi connectivity index (χ1v) is 6.12. The third kappa shape index (κ3) is 4.97. The fourth-order valence-electron chi connectivity index (χ4n) is 1.81. The van der Waals surface area contributed by atoms with E-state index in [0.717, 1.165) is 19.4 Å². The van der Waals surface area contributed by atoms with E-state index >= 15 is 0 Å². The maximum atomic E-state index is 9.04. The minimum Gasteiger partial charge on any atom is -0.393 e. The molecule has 0 spiro atoms. The van der Waals surface area contributed by atoms with Gasteiger partial charge in [-0.2, -0.15) is 0 Å². The Kier molecular flexibility index (Phi) is 6.20. The normalized spacial score (nSPS) is 26.1. The predicted octanol–water partition coefficient (Wildman–Crippen LogP) is 2.89. The van der Waals surface area contributed by atoms with E-state index in [9.17, 15) is 0 Å². The molecule has 0 heterocycles. The molecule has 1 aliphatic rings. The first-order valence-electron chi connectivity index (χ1n) is 6.12. The van der Waals surface area contributed by atoms with Crippen molar-refractivity contribution in [1.82, 2.24) is 0 Å². The van der Waals surface area contributed by atoms with Crippen LogP contribution in [-0.4, -0.2) is 23.9 Å². The first kappa shape index (κ1) is 12.0. The molecule has 0 saturated heterocycles. The number of aliphatic hydroxyl groups excluding tert-OH is 1. The Morgan fingerprint density at radius 3 is 2.36 bits per heavy atom. The highest BCUT2D eigenvalue weighted by Gasteiger charge is 2.27. The van der Waals surface area contributed by atoms with Crippen LogP contribution in [0.25, 0.3) is 0 Å². The summed E-state index contributed by atoms with van der Waals surface area (Å²) in [5.74, 6) is 0. The third-order valence-electron chi connectivity index (χ3n) is 2.92. The quantitative estimate of drug-likeness (QED) is 0.610. The molecule has 1 rings (SSSR count). The zero-order valence-electron chi connectivity index (χ0n) is 9.37. The van der Waals surface area contributed by atoms with Crippen LogP contribution in [0.3, 0.4) is 0 Å².